The third-order valence-corrected chi connectivity index (χ3v) is 6.96. The van der Waals surface area contributed by atoms with Crippen molar-refractivity contribution in [1.82, 2.24) is 4.57 Å². The fourth-order valence-electron chi connectivity index (χ4n) is 5.11. The van der Waals surface area contributed by atoms with Gasteiger partial charge in [-0.1, -0.05) is 57.0 Å². The number of carbonyl (C=O) groups is 1. The number of halogens is 1. The van der Waals surface area contributed by atoms with Gasteiger partial charge >= 0.3 is 5.97 Å². The van der Waals surface area contributed by atoms with Gasteiger partial charge in [0, 0.05) is 5.02 Å². The summed E-state index contributed by atoms with van der Waals surface area (Å²) in [6.45, 7) is 6.91. The standard InChI is InChI=1S/C26H32ClN2O2/c1-17(2)21-13-12-18(3)14-24(21)31-25(30)16-29-23-11-6-5-10-22(23)28(4)26(29)19-8-7-9-20(27)15-19/h5-11,15,17-18,21,24H,12-14,16H2,1-4H3/q+1/t18-,21?,24-/m1/s1. The lowest BCUT2D eigenvalue weighted by molar-refractivity contribution is -0.634. The van der Waals surface area contributed by atoms with Crippen LogP contribution in [0.3, 0.4) is 0 Å². The maximum Gasteiger partial charge on any atom is 0.348 e. The van der Waals surface area contributed by atoms with E-state index in [2.05, 4.69) is 42.0 Å². The molecule has 31 heavy (non-hydrogen) atoms. The normalized spacial score (nSPS) is 21.5. The van der Waals surface area contributed by atoms with E-state index in [4.69, 9.17) is 16.3 Å². The second-order valence-electron chi connectivity index (χ2n) is 9.32. The van der Waals surface area contributed by atoms with E-state index in [9.17, 15) is 4.79 Å². The van der Waals surface area contributed by atoms with Gasteiger partial charge in [0.2, 0.25) is 0 Å². The predicted molar refractivity (Wildman–Crippen MR) is 125 cm³/mol. The Morgan fingerprint density at radius 1 is 1.19 bits per heavy atom. The van der Waals surface area contributed by atoms with Gasteiger partial charge in [-0.3, -0.25) is 0 Å². The molecule has 1 aliphatic rings. The Bertz CT molecular complexity index is 1090. The average Bonchev–Trinajstić information content (AvgIpc) is 2.99. The van der Waals surface area contributed by atoms with E-state index < -0.39 is 0 Å². The molecule has 0 N–H and O–H groups in total. The van der Waals surface area contributed by atoms with Gasteiger partial charge in [-0.25, -0.2) is 13.9 Å². The summed E-state index contributed by atoms with van der Waals surface area (Å²) in [6.07, 6.45) is 3.30. The minimum absolute atomic E-state index is 0.00134. The van der Waals surface area contributed by atoms with Crippen molar-refractivity contribution >= 4 is 28.6 Å². The maximum atomic E-state index is 13.2. The van der Waals surface area contributed by atoms with Gasteiger partial charge in [-0.2, -0.15) is 0 Å². The summed E-state index contributed by atoms with van der Waals surface area (Å²) in [5.74, 6) is 2.31. The number of esters is 1. The molecular formula is C26H32ClN2O2+. The molecule has 1 heterocycles. The highest BCUT2D eigenvalue weighted by Crippen LogP contribution is 2.35. The van der Waals surface area contributed by atoms with Crippen LogP contribution < -0.4 is 4.57 Å². The van der Waals surface area contributed by atoms with Crippen LogP contribution in [0.4, 0.5) is 0 Å². The molecule has 164 valence electrons. The molecular weight excluding hydrogens is 408 g/mol. The van der Waals surface area contributed by atoms with Gasteiger partial charge in [0.25, 0.3) is 5.82 Å². The summed E-state index contributed by atoms with van der Waals surface area (Å²) in [5.41, 5.74) is 3.05. The largest absolute Gasteiger partial charge is 0.459 e. The van der Waals surface area contributed by atoms with Crippen LogP contribution in [0.1, 0.15) is 40.0 Å². The summed E-state index contributed by atoms with van der Waals surface area (Å²) in [5, 5.41) is 0.674. The number of para-hydroxylation sites is 2. The molecule has 3 aromatic rings. The number of fused-ring (bicyclic) bond motifs is 1. The van der Waals surface area contributed by atoms with Crippen molar-refractivity contribution in [3.8, 4) is 11.4 Å². The van der Waals surface area contributed by atoms with Crippen molar-refractivity contribution in [2.24, 2.45) is 24.8 Å². The van der Waals surface area contributed by atoms with E-state index >= 15 is 0 Å². The minimum Gasteiger partial charge on any atom is -0.459 e. The van der Waals surface area contributed by atoms with Crippen LogP contribution in [0.25, 0.3) is 22.4 Å². The van der Waals surface area contributed by atoms with Crippen LogP contribution >= 0.6 is 11.6 Å². The number of hydrogen-bond acceptors (Lipinski definition) is 2. The summed E-state index contributed by atoms with van der Waals surface area (Å²) >= 11 is 6.28. The Balaban J connectivity index is 1.68. The Labute approximate surface area is 189 Å². The predicted octanol–water partition coefficient (Wildman–Crippen LogP) is 5.79. The maximum absolute atomic E-state index is 13.2. The van der Waals surface area contributed by atoms with E-state index in [1.165, 1.54) is 6.42 Å². The van der Waals surface area contributed by atoms with E-state index in [1.54, 1.807) is 0 Å². The van der Waals surface area contributed by atoms with E-state index in [0.29, 0.717) is 22.8 Å². The van der Waals surface area contributed by atoms with E-state index in [0.717, 1.165) is 35.3 Å². The molecule has 0 radical (unpaired) electrons. The van der Waals surface area contributed by atoms with Crippen molar-refractivity contribution < 1.29 is 14.1 Å². The number of hydrogen-bond donors (Lipinski definition) is 0. The number of benzene rings is 2. The van der Waals surface area contributed by atoms with Gasteiger partial charge in [-0.05, 0) is 60.9 Å². The summed E-state index contributed by atoms with van der Waals surface area (Å²) in [4.78, 5) is 13.2. The molecule has 1 unspecified atom stereocenters. The smallest absolute Gasteiger partial charge is 0.348 e. The van der Waals surface area contributed by atoms with Crippen molar-refractivity contribution in [3.05, 3.63) is 53.6 Å². The first-order valence-electron chi connectivity index (χ1n) is 11.3. The third kappa shape index (κ3) is 4.50. The monoisotopic (exact) mass is 439 g/mol. The zero-order valence-electron chi connectivity index (χ0n) is 18.8. The first kappa shape index (κ1) is 21.9. The Morgan fingerprint density at radius 3 is 2.71 bits per heavy atom. The lowest BCUT2D eigenvalue weighted by atomic mass is 9.75. The molecule has 0 spiro atoms. The molecule has 0 bridgehead atoms. The van der Waals surface area contributed by atoms with E-state index in [-0.39, 0.29) is 18.6 Å². The SMILES string of the molecule is CC(C)C1CC[C@@H](C)C[C@H]1OC(=O)Cn1c(-c2cccc(Cl)c2)[n+](C)c2ccccc21. The van der Waals surface area contributed by atoms with Crippen molar-refractivity contribution in [3.63, 3.8) is 0 Å². The highest BCUT2D eigenvalue weighted by atomic mass is 35.5. The number of aryl methyl sites for hydroxylation is 1. The average molecular weight is 440 g/mol. The van der Waals surface area contributed by atoms with Crippen molar-refractivity contribution in [2.75, 3.05) is 0 Å². The second kappa shape index (κ2) is 9.04. The van der Waals surface area contributed by atoms with Gasteiger partial charge in [-0.15, -0.1) is 0 Å². The molecule has 1 aliphatic carbocycles. The Morgan fingerprint density at radius 2 is 1.97 bits per heavy atom. The van der Waals surface area contributed by atoms with Crippen LogP contribution in [0.15, 0.2) is 48.5 Å². The summed E-state index contributed by atoms with van der Waals surface area (Å²) in [6, 6.07) is 15.9. The van der Waals surface area contributed by atoms with Crippen LogP contribution in [0.5, 0.6) is 0 Å². The second-order valence-corrected chi connectivity index (χ2v) is 9.76. The van der Waals surface area contributed by atoms with Crippen LogP contribution in [-0.4, -0.2) is 16.6 Å². The molecule has 1 aromatic heterocycles. The molecule has 0 saturated heterocycles. The van der Waals surface area contributed by atoms with Crippen LogP contribution in [-0.2, 0) is 23.1 Å². The first-order chi connectivity index (χ1) is 14.8. The topological polar surface area (TPSA) is 35.1 Å². The van der Waals surface area contributed by atoms with Gasteiger partial charge < -0.3 is 4.74 Å². The minimum atomic E-state index is -0.172. The zero-order valence-corrected chi connectivity index (χ0v) is 19.6. The van der Waals surface area contributed by atoms with Crippen LogP contribution in [0.2, 0.25) is 5.02 Å². The number of carbonyl (C=O) groups excluding carboxylic acids is 1. The molecule has 3 atom stereocenters. The molecule has 1 fully saturated rings. The quantitative estimate of drug-likeness (QED) is 0.372. The lowest BCUT2D eigenvalue weighted by Gasteiger charge is -2.36. The fourth-order valence-corrected chi connectivity index (χ4v) is 5.30. The van der Waals surface area contributed by atoms with E-state index in [1.807, 2.05) is 43.4 Å². The molecule has 4 rings (SSSR count). The molecule has 4 nitrogen and oxygen atoms in total. The zero-order chi connectivity index (χ0) is 22.1. The molecule has 5 heteroatoms. The summed E-state index contributed by atoms with van der Waals surface area (Å²) < 4.78 is 10.3. The van der Waals surface area contributed by atoms with Crippen molar-refractivity contribution in [2.45, 2.75) is 52.7 Å². The number of ether oxygens (including phenoxy) is 1. The number of aromatic nitrogens is 2. The van der Waals surface area contributed by atoms with Crippen molar-refractivity contribution in [1.29, 1.82) is 0 Å². The fraction of sp³-hybridized carbons (Fsp3) is 0.462. The molecule has 0 amide bonds. The highest BCUT2D eigenvalue weighted by molar-refractivity contribution is 6.30. The van der Waals surface area contributed by atoms with Gasteiger partial charge in [0.15, 0.2) is 17.6 Å². The van der Waals surface area contributed by atoms with Crippen LogP contribution in [0, 0.1) is 17.8 Å². The van der Waals surface area contributed by atoms with Gasteiger partial charge in [0.1, 0.15) is 6.10 Å². The third-order valence-electron chi connectivity index (χ3n) is 6.72. The number of nitrogens with zero attached hydrogens (tertiary/aromatic N) is 2. The lowest BCUT2D eigenvalue weighted by Crippen LogP contribution is -2.37. The summed E-state index contributed by atoms with van der Waals surface area (Å²) in [7, 11) is 2.03. The molecule has 0 aliphatic heterocycles. The highest BCUT2D eigenvalue weighted by Gasteiger charge is 2.34. The Hall–Kier alpha value is -2.33. The van der Waals surface area contributed by atoms with Gasteiger partial charge in [0.05, 0.1) is 12.6 Å². The number of imidazole rings is 1. The number of rotatable bonds is 5. The first-order valence-corrected chi connectivity index (χ1v) is 11.7. The Kier molecular flexibility index (Phi) is 6.38. The molecule has 2 aromatic carbocycles. The molecule has 1 saturated carbocycles.